The zero-order valence-electron chi connectivity index (χ0n) is 10.1. The van der Waals surface area contributed by atoms with Crippen molar-refractivity contribution in [1.29, 1.82) is 0 Å². The van der Waals surface area contributed by atoms with Crippen molar-refractivity contribution in [3.63, 3.8) is 0 Å². The largest absolute Gasteiger partial charge is 0.380 e. The molecule has 0 radical (unpaired) electrons. The molecule has 3 heteroatoms. The fourth-order valence-electron chi connectivity index (χ4n) is 2.64. The van der Waals surface area contributed by atoms with Gasteiger partial charge in [-0.15, -0.1) is 0 Å². The van der Waals surface area contributed by atoms with Crippen molar-refractivity contribution in [1.82, 2.24) is 9.80 Å². The van der Waals surface area contributed by atoms with Gasteiger partial charge in [0.15, 0.2) is 0 Å². The molecule has 1 atom stereocenters. The van der Waals surface area contributed by atoms with Crippen molar-refractivity contribution >= 4 is 0 Å². The summed E-state index contributed by atoms with van der Waals surface area (Å²) in [5.74, 6) is 0.798. The monoisotopic (exact) mass is 212 g/mol. The van der Waals surface area contributed by atoms with Crippen LogP contribution in [0.15, 0.2) is 0 Å². The number of hydrogen-bond acceptors (Lipinski definition) is 3. The summed E-state index contributed by atoms with van der Waals surface area (Å²) < 4.78 is 5.45. The normalized spacial score (nSPS) is 30.2. The van der Waals surface area contributed by atoms with Crippen molar-refractivity contribution in [3.8, 4) is 0 Å². The van der Waals surface area contributed by atoms with Gasteiger partial charge in [0.05, 0.1) is 6.61 Å². The van der Waals surface area contributed by atoms with E-state index in [1.54, 1.807) is 0 Å². The number of piperazine rings is 1. The van der Waals surface area contributed by atoms with Gasteiger partial charge in [0.1, 0.15) is 0 Å². The lowest BCUT2D eigenvalue weighted by Gasteiger charge is -2.38. The van der Waals surface area contributed by atoms with Crippen molar-refractivity contribution in [2.75, 3.05) is 45.9 Å². The third kappa shape index (κ3) is 3.16. The number of ether oxygens (including phenoxy) is 1. The van der Waals surface area contributed by atoms with Crippen LogP contribution < -0.4 is 0 Å². The second-order valence-electron chi connectivity index (χ2n) is 5.25. The van der Waals surface area contributed by atoms with Crippen molar-refractivity contribution in [2.24, 2.45) is 5.92 Å². The number of hydrogen-bond donors (Lipinski definition) is 0. The molecule has 88 valence electrons. The van der Waals surface area contributed by atoms with Crippen LogP contribution >= 0.6 is 0 Å². The molecule has 2 rings (SSSR count). The molecule has 0 bridgehead atoms. The highest BCUT2D eigenvalue weighted by Gasteiger charge is 2.26. The van der Waals surface area contributed by atoms with Gasteiger partial charge in [-0.2, -0.15) is 0 Å². The molecule has 0 N–H and O–H groups in total. The molecule has 0 spiro atoms. The molecule has 0 aromatic carbocycles. The molecule has 0 amide bonds. The summed E-state index contributed by atoms with van der Waals surface area (Å²) in [6.45, 7) is 12.8. The van der Waals surface area contributed by atoms with E-state index in [1.807, 2.05) is 0 Å². The molecule has 1 unspecified atom stereocenters. The minimum Gasteiger partial charge on any atom is -0.380 e. The van der Waals surface area contributed by atoms with Gasteiger partial charge in [0, 0.05) is 45.4 Å². The maximum absolute atomic E-state index is 5.45. The first-order valence-corrected chi connectivity index (χ1v) is 6.30. The van der Waals surface area contributed by atoms with Gasteiger partial charge in [-0.1, -0.05) is 13.8 Å². The van der Waals surface area contributed by atoms with Gasteiger partial charge >= 0.3 is 0 Å². The summed E-state index contributed by atoms with van der Waals surface area (Å²) in [6.07, 6.45) is 1.24. The molecule has 2 saturated heterocycles. The fraction of sp³-hybridized carbons (Fsp3) is 1.00. The Kier molecular flexibility index (Phi) is 4.00. The summed E-state index contributed by atoms with van der Waals surface area (Å²) in [5.41, 5.74) is 0. The maximum Gasteiger partial charge on any atom is 0.0622 e. The Balaban J connectivity index is 1.71. The minimum atomic E-state index is 0.714. The average Bonchev–Trinajstić information content (AvgIpc) is 2.71. The Morgan fingerprint density at radius 2 is 1.93 bits per heavy atom. The summed E-state index contributed by atoms with van der Waals surface area (Å²) in [7, 11) is 0. The van der Waals surface area contributed by atoms with Crippen LogP contribution in [0.3, 0.4) is 0 Å². The molecular formula is C12H24N2O. The average molecular weight is 212 g/mol. The van der Waals surface area contributed by atoms with Crippen molar-refractivity contribution < 1.29 is 4.74 Å². The van der Waals surface area contributed by atoms with Gasteiger partial charge in [-0.05, 0) is 12.3 Å². The summed E-state index contributed by atoms with van der Waals surface area (Å²) in [6, 6.07) is 0.714. The third-order valence-electron chi connectivity index (χ3n) is 3.45. The first kappa shape index (κ1) is 11.4. The zero-order chi connectivity index (χ0) is 10.7. The van der Waals surface area contributed by atoms with Crippen LogP contribution in [0.25, 0.3) is 0 Å². The molecule has 2 heterocycles. The Bertz CT molecular complexity index is 182. The first-order chi connectivity index (χ1) is 7.25. The molecule has 2 aliphatic rings. The Morgan fingerprint density at radius 1 is 1.20 bits per heavy atom. The van der Waals surface area contributed by atoms with E-state index in [2.05, 4.69) is 23.6 Å². The SMILES string of the molecule is CC(C)CN1CCN(C2CCOC2)CC1. The molecule has 2 aliphatic heterocycles. The van der Waals surface area contributed by atoms with Crippen LogP contribution in [0.2, 0.25) is 0 Å². The number of rotatable bonds is 3. The predicted octanol–water partition coefficient (Wildman–Crippen LogP) is 1.05. The van der Waals surface area contributed by atoms with Crippen molar-refractivity contribution in [2.45, 2.75) is 26.3 Å². The molecule has 0 saturated carbocycles. The standard InChI is InChI=1S/C12H24N2O/c1-11(2)9-13-4-6-14(7-5-13)12-3-8-15-10-12/h11-12H,3-10H2,1-2H3. The van der Waals surface area contributed by atoms with E-state index in [0.717, 1.165) is 19.1 Å². The Morgan fingerprint density at radius 3 is 2.47 bits per heavy atom. The molecular weight excluding hydrogens is 188 g/mol. The smallest absolute Gasteiger partial charge is 0.0622 e. The van der Waals surface area contributed by atoms with E-state index in [-0.39, 0.29) is 0 Å². The first-order valence-electron chi connectivity index (χ1n) is 6.30. The van der Waals surface area contributed by atoms with E-state index in [1.165, 1.54) is 39.1 Å². The van der Waals surface area contributed by atoms with Gasteiger partial charge in [-0.3, -0.25) is 4.90 Å². The molecule has 0 aromatic heterocycles. The molecule has 0 aliphatic carbocycles. The fourth-order valence-corrected chi connectivity index (χ4v) is 2.64. The van der Waals surface area contributed by atoms with Crippen molar-refractivity contribution in [3.05, 3.63) is 0 Å². The van der Waals surface area contributed by atoms with E-state index in [9.17, 15) is 0 Å². The highest BCUT2D eigenvalue weighted by molar-refractivity contribution is 4.81. The lowest BCUT2D eigenvalue weighted by atomic mass is 10.1. The van der Waals surface area contributed by atoms with Crippen LogP contribution in [0.5, 0.6) is 0 Å². The van der Waals surface area contributed by atoms with Gasteiger partial charge < -0.3 is 9.64 Å². The van der Waals surface area contributed by atoms with Crippen LogP contribution in [-0.4, -0.2) is 61.8 Å². The second-order valence-corrected chi connectivity index (χ2v) is 5.25. The molecule has 15 heavy (non-hydrogen) atoms. The lowest BCUT2D eigenvalue weighted by molar-refractivity contribution is 0.0794. The molecule has 3 nitrogen and oxygen atoms in total. The molecule has 0 aromatic rings. The van der Waals surface area contributed by atoms with Crippen LogP contribution in [0.4, 0.5) is 0 Å². The van der Waals surface area contributed by atoms with Crippen LogP contribution in [-0.2, 0) is 4.74 Å². The van der Waals surface area contributed by atoms with E-state index < -0.39 is 0 Å². The van der Waals surface area contributed by atoms with Gasteiger partial charge in [-0.25, -0.2) is 0 Å². The zero-order valence-corrected chi connectivity index (χ0v) is 10.1. The topological polar surface area (TPSA) is 15.7 Å². The lowest BCUT2D eigenvalue weighted by Crippen LogP contribution is -2.51. The molecule has 2 fully saturated rings. The minimum absolute atomic E-state index is 0.714. The maximum atomic E-state index is 5.45. The van der Waals surface area contributed by atoms with E-state index in [4.69, 9.17) is 4.74 Å². The summed E-state index contributed by atoms with van der Waals surface area (Å²) in [5, 5.41) is 0. The summed E-state index contributed by atoms with van der Waals surface area (Å²) in [4.78, 5) is 5.21. The van der Waals surface area contributed by atoms with E-state index >= 15 is 0 Å². The highest BCUT2D eigenvalue weighted by Crippen LogP contribution is 2.15. The summed E-state index contributed by atoms with van der Waals surface area (Å²) >= 11 is 0. The second kappa shape index (κ2) is 5.28. The van der Waals surface area contributed by atoms with E-state index in [0.29, 0.717) is 6.04 Å². The Hall–Kier alpha value is -0.120. The number of nitrogens with zero attached hydrogens (tertiary/aromatic N) is 2. The van der Waals surface area contributed by atoms with Gasteiger partial charge in [0.2, 0.25) is 0 Å². The van der Waals surface area contributed by atoms with Gasteiger partial charge in [0.25, 0.3) is 0 Å². The van der Waals surface area contributed by atoms with Crippen LogP contribution in [0, 0.1) is 5.92 Å². The third-order valence-corrected chi connectivity index (χ3v) is 3.45. The predicted molar refractivity (Wildman–Crippen MR) is 62.1 cm³/mol. The van der Waals surface area contributed by atoms with Crippen LogP contribution in [0.1, 0.15) is 20.3 Å². The quantitative estimate of drug-likeness (QED) is 0.695. The Labute approximate surface area is 93.4 Å². The highest BCUT2D eigenvalue weighted by atomic mass is 16.5.